The van der Waals surface area contributed by atoms with Crippen molar-refractivity contribution in [3.63, 3.8) is 0 Å². The van der Waals surface area contributed by atoms with Crippen LogP contribution in [-0.2, 0) is 17.6 Å². The van der Waals surface area contributed by atoms with Gasteiger partial charge in [0.05, 0.1) is 0 Å². The van der Waals surface area contributed by atoms with E-state index in [9.17, 15) is 4.79 Å². The van der Waals surface area contributed by atoms with Gasteiger partial charge in [0.1, 0.15) is 11.9 Å². The molecule has 1 aliphatic carbocycles. The first-order chi connectivity index (χ1) is 14.8. The minimum absolute atomic E-state index is 0.135. The molecule has 30 heavy (non-hydrogen) atoms. The zero-order valence-electron chi connectivity index (χ0n) is 17.4. The summed E-state index contributed by atoms with van der Waals surface area (Å²) >= 11 is 0. The lowest BCUT2D eigenvalue weighted by Crippen LogP contribution is -2.35. The van der Waals surface area contributed by atoms with Crippen molar-refractivity contribution in [2.24, 2.45) is 0 Å². The van der Waals surface area contributed by atoms with E-state index in [-0.39, 0.29) is 12.0 Å². The van der Waals surface area contributed by atoms with Crippen LogP contribution in [0.3, 0.4) is 0 Å². The number of benzene rings is 2. The van der Waals surface area contributed by atoms with Gasteiger partial charge in [0.15, 0.2) is 0 Å². The number of rotatable bonds is 7. The minimum Gasteiger partial charge on any atom is -0.486 e. The van der Waals surface area contributed by atoms with E-state index in [0.717, 1.165) is 42.7 Å². The molecule has 0 spiro atoms. The molecular weight excluding hydrogens is 370 g/mol. The van der Waals surface area contributed by atoms with Gasteiger partial charge in [-0.15, -0.1) is 6.58 Å². The Labute approximate surface area is 179 Å². The molecule has 4 rings (SSSR count). The van der Waals surface area contributed by atoms with Crippen LogP contribution in [0.15, 0.2) is 73.3 Å². The van der Waals surface area contributed by atoms with Crippen LogP contribution >= 0.6 is 0 Å². The average molecular weight is 400 g/mol. The Bertz CT molecular complexity index is 958. The summed E-state index contributed by atoms with van der Waals surface area (Å²) < 4.78 is 6.35. The molecule has 1 unspecified atom stereocenters. The summed E-state index contributed by atoms with van der Waals surface area (Å²) in [5, 5.41) is 0. The van der Waals surface area contributed by atoms with Gasteiger partial charge in [-0.3, -0.25) is 4.79 Å². The summed E-state index contributed by atoms with van der Waals surface area (Å²) in [4.78, 5) is 14.6. The van der Waals surface area contributed by atoms with Crippen LogP contribution in [0.5, 0.6) is 5.75 Å². The first kappa shape index (κ1) is 20.2. The van der Waals surface area contributed by atoms with Gasteiger partial charge in [0.2, 0.25) is 5.91 Å². The Morgan fingerprint density at radius 2 is 2.00 bits per heavy atom. The summed E-state index contributed by atoms with van der Waals surface area (Å²) in [5.41, 5.74) is 4.54. The van der Waals surface area contributed by atoms with Crippen molar-refractivity contribution in [1.29, 1.82) is 0 Å². The van der Waals surface area contributed by atoms with E-state index in [2.05, 4.69) is 49.1 Å². The summed E-state index contributed by atoms with van der Waals surface area (Å²) in [7, 11) is 0. The van der Waals surface area contributed by atoms with E-state index in [0.29, 0.717) is 13.0 Å². The van der Waals surface area contributed by atoms with Crippen LogP contribution < -0.4 is 9.64 Å². The van der Waals surface area contributed by atoms with Crippen molar-refractivity contribution in [3.05, 3.63) is 90.0 Å². The molecule has 2 aromatic rings. The fourth-order valence-corrected chi connectivity index (χ4v) is 4.27. The van der Waals surface area contributed by atoms with Gasteiger partial charge in [-0.05, 0) is 61.4 Å². The number of carbonyl (C=O) groups excluding carboxylic acids is 1. The van der Waals surface area contributed by atoms with Crippen LogP contribution in [-0.4, -0.2) is 18.6 Å². The quantitative estimate of drug-likeness (QED) is 0.543. The van der Waals surface area contributed by atoms with Crippen LogP contribution in [0.1, 0.15) is 42.4 Å². The van der Waals surface area contributed by atoms with E-state index in [4.69, 9.17) is 4.74 Å². The largest absolute Gasteiger partial charge is 0.486 e. The SMILES string of the molecule is C=CCc1c(OC2C=CCCC2)ccc2c1CCC(=O)N2C/C=C/c1ccccc1. The Morgan fingerprint density at radius 3 is 2.77 bits per heavy atom. The summed E-state index contributed by atoms with van der Waals surface area (Å²) in [6, 6.07) is 14.3. The molecule has 2 aliphatic rings. The molecular formula is C27H29NO2. The van der Waals surface area contributed by atoms with Crippen LogP contribution in [0.4, 0.5) is 5.69 Å². The first-order valence-electron chi connectivity index (χ1n) is 10.9. The molecule has 1 heterocycles. The summed E-state index contributed by atoms with van der Waals surface area (Å²) in [5.74, 6) is 1.10. The van der Waals surface area contributed by atoms with Gasteiger partial charge >= 0.3 is 0 Å². The summed E-state index contributed by atoms with van der Waals surface area (Å²) in [6.07, 6.45) is 16.0. The second-order valence-electron chi connectivity index (χ2n) is 7.87. The van der Waals surface area contributed by atoms with Gasteiger partial charge in [0.25, 0.3) is 0 Å². The third-order valence-corrected chi connectivity index (χ3v) is 5.78. The van der Waals surface area contributed by atoms with Crippen molar-refractivity contribution in [3.8, 4) is 5.75 Å². The van der Waals surface area contributed by atoms with Crippen molar-refractivity contribution in [2.45, 2.75) is 44.6 Å². The molecule has 0 saturated heterocycles. The van der Waals surface area contributed by atoms with E-state index in [1.807, 2.05) is 35.2 Å². The Kier molecular flexibility index (Phi) is 6.48. The number of ether oxygens (including phenoxy) is 1. The number of amides is 1. The standard InChI is InChI=1S/C27H29NO2/c1-2-10-24-23-16-19-27(29)28(20-9-13-21-11-5-3-6-12-21)25(23)17-18-26(24)30-22-14-7-4-8-15-22/h2-3,5-7,9,11-14,17-18,22H,1,4,8,10,15-16,19-20H2/b13-9+. The Balaban J connectivity index is 1.60. The zero-order valence-corrected chi connectivity index (χ0v) is 17.4. The maximum atomic E-state index is 12.7. The van der Waals surface area contributed by atoms with Crippen LogP contribution in [0, 0.1) is 0 Å². The summed E-state index contributed by atoms with van der Waals surface area (Å²) in [6.45, 7) is 4.52. The molecule has 1 atom stereocenters. The molecule has 3 nitrogen and oxygen atoms in total. The Hall–Kier alpha value is -3.07. The van der Waals surface area contributed by atoms with Crippen molar-refractivity contribution in [2.75, 3.05) is 11.4 Å². The average Bonchev–Trinajstić information content (AvgIpc) is 2.78. The topological polar surface area (TPSA) is 29.5 Å². The van der Waals surface area contributed by atoms with Crippen LogP contribution in [0.2, 0.25) is 0 Å². The van der Waals surface area contributed by atoms with Gasteiger partial charge in [0, 0.05) is 24.2 Å². The van der Waals surface area contributed by atoms with Gasteiger partial charge in [-0.2, -0.15) is 0 Å². The molecule has 0 bridgehead atoms. The first-order valence-corrected chi connectivity index (χ1v) is 10.9. The second-order valence-corrected chi connectivity index (χ2v) is 7.87. The Morgan fingerprint density at radius 1 is 1.13 bits per heavy atom. The fourth-order valence-electron chi connectivity index (χ4n) is 4.27. The zero-order chi connectivity index (χ0) is 20.8. The van der Waals surface area contributed by atoms with E-state index < -0.39 is 0 Å². The third kappa shape index (κ3) is 4.56. The second kappa shape index (κ2) is 9.62. The molecule has 2 aromatic carbocycles. The molecule has 0 saturated carbocycles. The van der Waals surface area contributed by atoms with Crippen molar-refractivity contribution < 1.29 is 9.53 Å². The molecule has 1 amide bonds. The molecule has 154 valence electrons. The maximum absolute atomic E-state index is 12.7. The lowest BCUT2D eigenvalue weighted by molar-refractivity contribution is -0.118. The third-order valence-electron chi connectivity index (χ3n) is 5.78. The highest BCUT2D eigenvalue weighted by molar-refractivity contribution is 5.97. The predicted molar refractivity (Wildman–Crippen MR) is 124 cm³/mol. The number of hydrogen-bond acceptors (Lipinski definition) is 2. The molecule has 0 fully saturated rings. The van der Waals surface area contributed by atoms with Gasteiger partial charge < -0.3 is 9.64 Å². The van der Waals surface area contributed by atoms with Gasteiger partial charge in [-0.1, -0.05) is 54.6 Å². The number of fused-ring (bicyclic) bond motifs is 1. The molecule has 0 radical (unpaired) electrons. The minimum atomic E-state index is 0.135. The fraction of sp³-hybridized carbons (Fsp3) is 0.296. The number of hydrogen-bond donors (Lipinski definition) is 0. The molecule has 1 aliphatic heterocycles. The van der Waals surface area contributed by atoms with E-state index in [1.54, 1.807) is 0 Å². The smallest absolute Gasteiger partial charge is 0.227 e. The number of carbonyl (C=O) groups is 1. The number of anilines is 1. The lowest BCUT2D eigenvalue weighted by Gasteiger charge is -2.31. The predicted octanol–water partition coefficient (Wildman–Crippen LogP) is 5.90. The van der Waals surface area contributed by atoms with Gasteiger partial charge in [-0.25, -0.2) is 0 Å². The lowest BCUT2D eigenvalue weighted by atomic mass is 9.93. The maximum Gasteiger partial charge on any atom is 0.227 e. The number of nitrogens with zero attached hydrogens (tertiary/aromatic N) is 1. The molecule has 0 N–H and O–H groups in total. The highest BCUT2D eigenvalue weighted by Gasteiger charge is 2.27. The highest BCUT2D eigenvalue weighted by Crippen LogP contribution is 2.37. The monoisotopic (exact) mass is 399 g/mol. The number of allylic oxidation sites excluding steroid dienone is 2. The van der Waals surface area contributed by atoms with Crippen LogP contribution in [0.25, 0.3) is 6.08 Å². The molecule has 3 heteroatoms. The normalized spacial score (nSPS) is 18.5. The van der Waals surface area contributed by atoms with E-state index in [1.165, 1.54) is 17.5 Å². The molecule has 0 aromatic heterocycles. The van der Waals surface area contributed by atoms with E-state index >= 15 is 0 Å². The highest BCUT2D eigenvalue weighted by atomic mass is 16.5. The van der Waals surface area contributed by atoms with Crippen molar-refractivity contribution >= 4 is 17.7 Å². The van der Waals surface area contributed by atoms with Crippen molar-refractivity contribution in [1.82, 2.24) is 0 Å².